The van der Waals surface area contributed by atoms with Gasteiger partial charge in [0.2, 0.25) is 11.0 Å². The van der Waals surface area contributed by atoms with Gasteiger partial charge in [0.1, 0.15) is 11.8 Å². The van der Waals surface area contributed by atoms with Crippen LogP contribution in [-0.2, 0) is 14.3 Å². The van der Waals surface area contributed by atoms with Gasteiger partial charge in [-0.15, -0.1) is 0 Å². The third kappa shape index (κ3) is 5.75. The van der Waals surface area contributed by atoms with Gasteiger partial charge in [0.05, 0.1) is 31.4 Å². The van der Waals surface area contributed by atoms with Gasteiger partial charge in [0, 0.05) is 12.1 Å². The molecule has 0 bridgehead atoms. The van der Waals surface area contributed by atoms with E-state index in [4.69, 9.17) is 21.7 Å². The van der Waals surface area contributed by atoms with Crippen LogP contribution < -0.4 is 20.4 Å². The predicted molar refractivity (Wildman–Crippen MR) is 132 cm³/mol. The quantitative estimate of drug-likeness (QED) is 0.399. The highest BCUT2D eigenvalue weighted by atomic mass is 32.1. The molecule has 2 aromatic carbocycles. The maximum absolute atomic E-state index is 13.4. The minimum absolute atomic E-state index is 0.00979. The minimum Gasteiger partial charge on any atom is -0.497 e. The molecule has 1 unspecified atom stereocenters. The zero-order chi connectivity index (χ0) is 25.5. The molecule has 1 aliphatic rings. The highest BCUT2D eigenvalue weighted by Crippen LogP contribution is 2.27. The lowest BCUT2D eigenvalue weighted by Crippen LogP contribution is -2.50. The molecule has 1 aliphatic heterocycles. The summed E-state index contributed by atoms with van der Waals surface area (Å²) < 4.78 is 10.1. The zero-order valence-electron chi connectivity index (χ0n) is 19.6. The Labute approximate surface area is 208 Å². The van der Waals surface area contributed by atoms with Crippen molar-refractivity contribution < 1.29 is 28.7 Å². The first-order chi connectivity index (χ1) is 16.8. The Balaban J connectivity index is 1.89. The molecule has 0 aliphatic carbocycles. The molecule has 1 atom stereocenters. The Hall–Kier alpha value is -3.99. The van der Waals surface area contributed by atoms with E-state index >= 15 is 0 Å². The third-order valence-corrected chi connectivity index (χ3v) is 5.54. The number of esters is 1. The summed E-state index contributed by atoms with van der Waals surface area (Å²) in [5, 5.41) is 3.86. The number of hydrogen-bond donors (Lipinski definition) is 2. The van der Waals surface area contributed by atoms with Gasteiger partial charge in [0.25, 0.3) is 11.8 Å². The lowest BCUT2D eigenvalue weighted by atomic mass is 10.1. The van der Waals surface area contributed by atoms with Crippen molar-refractivity contribution >= 4 is 46.7 Å². The van der Waals surface area contributed by atoms with E-state index in [1.807, 2.05) is 0 Å². The lowest BCUT2D eigenvalue weighted by molar-refractivity contribution is -0.127. The molecule has 0 aromatic heterocycles. The largest absolute Gasteiger partial charge is 0.497 e. The van der Waals surface area contributed by atoms with Gasteiger partial charge in [-0.3, -0.25) is 24.7 Å². The Kier molecular flexibility index (Phi) is 8.37. The minimum atomic E-state index is -1.06. The van der Waals surface area contributed by atoms with Crippen molar-refractivity contribution in [3.05, 3.63) is 59.7 Å². The molecule has 3 rings (SSSR count). The Morgan fingerprint density at radius 2 is 1.77 bits per heavy atom. The summed E-state index contributed by atoms with van der Waals surface area (Å²) in [6.45, 7) is 4.09. The number of carbonyl (C=O) groups is 4. The first kappa shape index (κ1) is 25.6. The molecule has 11 heteroatoms. The number of methoxy groups -OCH3 is 1. The van der Waals surface area contributed by atoms with Gasteiger partial charge in [-0.1, -0.05) is 6.07 Å². The van der Waals surface area contributed by atoms with E-state index in [1.165, 1.54) is 29.2 Å². The molecular weight excluding hydrogens is 472 g/mol. The number of anilines is 1. The van der Waals surface area contributed by atoms with Gasteiger partial charge in [-0.25, -0.2) is 9.80 Å². The summed E-state index contributed by atoms with van der Waals surface area (Å²) >= 11 is 5.53. The highest BCUT2D eigenvalue weighted by Gasteiger charge is 2.45. The summed E-state index contributed by atoms with van der Waals surface area (Å²) in [5.41, 5.74) is 3.63. The van der Waals surface area contributed by atoms with Crippen LogP contribution in [0.2, 0.25) is 0 Å². The van der Waals surface area contributed by atoms with Crippen LogP contribution in [0.5, 0.6) is 5.75 Å². The van der Waals surface area contributed by atoms with Crippen molar-refractivity contribution in [2.75, 3.05) is 25.2 Å². The van der Waals surface area contributed by atoms with E-state index in [-0.39, 0.29) is 29.6 Å². The van der Waals surface area contributed by atoms with Crippen molar-refractivity contribution in [2.24, 2.45) is 0 Å². The monoisotopic (exact) mass is 498 g/mol. The van der Waals surface area contributed by atoms with Crippen LogP contribution in [0.3, 0.4) is 0 Å². The van der Waals surface area contributed by atoms with Crippen molar-refractivity contribution in [1.82, 2.24) is 15.8 Å². The maximum atomic E-state index is 13.4. The van der Waals surface area contributed by atoms with Crippen molar-refractivity contribution in [3.8, 4) is 5.75 Å². The molecule has 0 spiro atoms. The fourth-order valence-electron chi connectivity index (χ4n) is 3.48. The molecule has 1 heterocycles. The standard InChI is InChI=1S/C24H26N4O6S/c1-4-25-20(29)14-19-22(31)27(17-11-9-15(10-12-17)23(32)34-5-2)24(35)28(19)26-21(30)16-7-6-8-18(13-16)33-3/h6-13,19H,4-5,14H2,1-3H3,(H,25,29)(H,26,30). The molecule has 2 aromatic rings. The number of amides is 3. The zero-order valence-corrected chi connectivity index (χ0v) is 20.4. The van der Waals surface area contributed by atoms with Crippen molar-refractivity contribution in [3.63, 3.8) is 0 Å². The first-order valence-corrected chi connectivity index (χ1v) is 11.4. The van der Waals surface area contributed by atoms with Crippen molar-refractivity contribution in [1.29, 1.82) is 0 Å². The fourth-order valence-corrected chi connectivity index (χ4v) is 3.85. The molecule has 2 N–H and O–H groups in total. The van der Waals surface area contributed by atoms with Gasteiger partial charge < -0.3 is 14.8 Å². The smallest absolute Gasteiger partial charge is 0.338 e. The summed E-state index contributed by atoms with van der Waals surface area (Å²) in [7, 11) is 1.48. The Bertz CT molecular complexity index is 1140. The van der Waals surface area contributed by atoms with E-state index in [0.717, 1.165) is 0 Å². The molecular formula is C24H26N4O6S. The van der Waals surface area contributed by atoms with E-state index in [0.29, 0.717) is 23.5 Å². The van der Waals surface area contributed by atoms with Gasteiger partial charge >= 0.3 is 5.97 Å². The average Bonchev–Trinajstić information content (AvgIpc) is 3.08. The average molecular weight is 499 g/mol. The second-order valence-electron chi connectivity index (χ2n) is 7.44. The van der Waals surface area contributed by atoms with E-state index in [9.17, 15) is 19.2 Å². The number of carbonyl (C=O) groups excluding carboxylic acids is 4. The number of nitrogens with one attached hydrogen (secondary N) is 2. The molecule has 10 nitrogen and oxygen atoms in total. The lowest BCUT2D eigenvalue weighted by Gasteiger charge is -2.24. The van der Waals surface area contributed by atoms with Crippen LogP contribution in [0.25, 0.3) is 0 Å². The second-order valence-corrected chi connectivity index (χ2v) is 7.81. The summed E-state index contributed by atoms with van der Waals surface area (Å²) in [6, 6.07) is 11.5. The number of nitrogens with zero attached hydrogens (tertiary/aromatic N) is 2. The Morgan fingerprint density at radius 1 is 1.06 bits per heavy atom. The number of hydrazine groups is 1. The van der Waals surface area contributed by atoms with Gasteiger partial charge in [-0.05, 0) is 68.5 Å². The highest BCUT2D eigenvalue weighted by molar-refractivity contribution is 7.80. The summed E-state index contributed by atoms with van der Waals surface area (Å²) in [4.78, 5) is 51.8. The van der Waals surface area contributed by atoms with Gasteiger partial charge in [0.15, 0.2) is 0 Å². The van der Waals surface area contributed by atoms with Gasteiger partial charge in [-0.2, -0.15) is 0 Å². The number of hydrogen-bond acceptors (Lipinski definition) is 7. The predicted octanol–water partition coefficient (Wildman–Crippen LogP) is 2.05. The van der Waals surface area contributed by atoms with Crippen LogP contribution in [0.4, 0.5) is 5.69 Å². The van der Waals surface area contributed by atoms with E-state index < -0.39 is 23.8 Å². The molecule has 0 saturated carbocycles. The van der Waals surface area contributed by atoms with Crippen LogP contribution in [0, 0.1) is 0 Å². The van der Waals surface area contributed by atoms with Crippen LogP contribution >= 0.6 is 12.2 Å². The number of rotatable bonds is 9. The normalized spacial score (nSPS) is 15.1. The topological polar surface area (TPSA) is 117 Å². The number of ether oxygens (including phenoxy) is 2. The molecule has 0 radical (unpaired) electrons. The summed E-state index contributed by atoms with van der Waals surface area (Å²) in [5.74, 6) is -1.39. The van der Waals surface area contributed by atoms with E-state index in [1.54, 1.807) is 50.2 Å². The Morgan fingerprint density at radius 3 is 2.40 bits per heavy atom. The fraction of sp³-hybridized carbons (Fsp3) is 0.292. The van der Waals surface area contributed by atoms with Crippen LogP contribution in [-0.4, -0.2) is 60.1 Å². The first-order valence-electron chi connectivity index (χ1n) is 11.0. The maximum Gasteiger partial charge on any atom is 0.338 e. The summed E-state index contributed by atoms with van der Waals surface area (Å²) in [6.07, 6.45) is -0.220. The third-order valence-electron chi connectivity index (χ3n) is 5.16. The second kappa shape index (κ2) is 11.4. The van der Waals surface area contributed by atoms with Crippen molar-refractivity contribution in [2.45, 2.75) is 26.3 Å². The van der Waals surface area contributed by atoms with Crippen LogP contribution in [0.1, 0.15) is 41.0 Å². The van der Waals surface area contributed by atoms with Crippen LogP contribution in [0.15, 0.2) is 48.5 Å². The van der Waals surface area contributed by atoms with E-state index in [2.05, 4.69) is 10.7 Å². The molecule has 184 valence electrons. The SMILES string of the molecule is CCNC(=O)CC1C(=O)N(c2ccc(C(=O)OCC)cc2)C(=S)N1NC(=O)c1cccc(OC)c1. The molecule has 35 heavy (non-hydrogen) atoms. The molecule has 1 saturated heterocycles. The number of thiocarbonyl (C=S) groups is 1. The number of benzene rings is 2. The molecule has 3 amide bonds. The molecule has 1 fully saturated rings.